The van der Waals surface area contributed by atoms with Gasteiger partial charge in [-0.05, 0) is 66.3 Å². The van der Waals surface area contributed by atoms with Gasteiger partial charge in [-0.2, -0.15) is 0 Å². The molecule has 0 bridgehead atoms. The smallest absolute Gasteiger partial charge is 0.254 e. The standard InChI is InChI=1S/C29H37FN2O/c1-4-5-6-7-10-24-14-16-26(17-15-24)29(33)32(20-23(2)3)22-28-13-9-18-31(28)21-25-11-8-12-27(30)19-25/h8-9,11-19,23H,4-7,10,20-22H2,1-3H3. The summed E-state index contributed by atoms with van der Waals surface area (Å²) in [6.45, 7) is 8.27. The summed E-state index contributed by atoms with van der Waals surface area (Å²) in [7, 11) is 0. The number of nitrogens with zero attached hydrogens (tertiary/aromatic N) is 2. The summed E-state index contributed by atoms with van der Waals surface area (Å²) in [5.41, 5.74) is 3.97. The monoisotopic (exact) mass is 448 g/mol. The molecular weight excluding hydrogens is 411 g/mol. The molecule has 0 spiro atoms. The van der Waals surface area contributed by atoms with Crippen LogP contribution in [-0.4, -0.2) is 21.9 Å². The number of aromatic nitrogens is 1. The van der Waals surface area contributed by atoms with Gasteiger partial charge in [0.15, 0.2) is 0 Å². The van der Waals surface area contributed by atoms with E-state index in [1.807, 2.05) is 41.4 Å². The van der Waals surface area contributed by atoms with Gasteiger partial charge in [0.05, 0.1) is 6.54 Å². The van der Waals surface area contributed by atoms with Crippen LogP contribution in [0.1, 0.15) is 73.6 Å². The maximum absolute atomic E-state index is 13.6. The van der Waals surface area contributed by atoms with Gasteiger partial charge in [0, 0.05) is 30.5 Å². The third-order valence-electron chi connectivity index (χ3n) is 5.91. The van der Waals surface area contributed by atoms with Crippen LogP contribution >= 0.6 is 0 Å². The van der Waals surface area contributed by atoms with Crippen molar-refractivity contribution in [3.05, 3.63) is 95.1 Å². The van der Waals surface area contributed by atoms with E-state index in [1.54, 1.807) is 12.1 Å². The number of rotatable bonds is 12. The fourth-order valence-corrected chi connectivity index (χ4v) is 4.19. The zero-order valence-corrected chi connectivity index (χ0v) is 20.3. The molecule has 2 aromatic carbocycles. The highest BCUT2D eigenvalue weighted by molar-refractivity contribution is 5.94. The summed E-state index contributed by atoms with van der Waals surface area (Å²) >= 11 is 0. The second-order valence-electron chi connectivity index (χ2n) is 9.34. The number of halogens is 1. The Morgan fingerprint density at radius 3 is 2.45 bits per heavy atom. The first kappa shape index (κ1) is 24.8. The second kappa shape index (κ2) is 12.4. The molecule has 1 aromatic heterocycles. The zero-order chi connectivity index (χ0) is 23.6. The predicted molar refractivity (Wildman–Crippen MR) is 134 cm³/mol. The molecule has 3 rings (SSSR count). The Balaban J connectivity index is 1.70. The van der Waals surface area contributed by atoms with Crippen LogP contribution in [-0.2, 0) is 19.5 Å². The molecule has 1 heterocycles. The molecule has 0 saturated carbocycles. The molecule has 0 unspecified atom stereocenters. The van der Waals surface area contributed by atoms with Crippen LogP contribution in [0.25, 0.3) is 0 Å². The molecule has 0 fully saturated rings. The summed E-state index contributed by atoms with van der Waals surface area (Å²) in [6.07, 6.45) is 8.04. The normalized spacial score (nSPS) is 11.2. The maximum Gasteiger partial charge on any atom is 0.254 e. The maximum atomic E-state index is 13.6. The van der Waals surface area contributed by atoms with Gasteiger partial charge in [0.25, 0.3) is 5.91 Å². The van der Waals surface area contributed by atoms with Crippen molar-refractivity contribution in [3.63, 3.8) is 0 Å². The second-order valence-corrected chi connectivity index (χ2v) is 9.34. The first-order chi connectivity index (χ1) is 16.0. The first-order valence-electron chi connectivity index (χ1n) is 12.2. The van der Waals surface area contributed by atoms with Crippen molar-refractivity contribution >= 4 is 5.91 Å². The van der Waals surface area contributed by atoms with Crippen molar-refractivity contribution in [3.8, 4) is 0 Å². The molecule has 0 aliphatic heterocycles. The summed E-state index contributed by atoms with van der Waals surface area (Å²) in [5, 5.41) is 0. The number of carbonyl (C=O) groups is 1. The van der Waals surface area contributed by atoms with Crippen molar-refractivity contribution in [1.82, 2.24) is 9.47 Å². The molecule has 3 aromatic rings. The van der Waals surface area contributed by atoms with Gasteiger partial charge in [-0.3, -0.25) is 4.79 Å². The van der Waals surface area contributed by atoms with Crippen molar-refractivity contribution in [2.24, 2.45) is 5.92 Å². The van der Waals surface area contributed by atoms with E-state index in [-0.39, 0.29) is 11.7 Å². The van der Waals surface area contributed by atoms with E-state index in [4.69, 9.17) is 0 Å². The fourth-order valence-electron chi connectivity index (χ4n) is 4.19. The summed E-state index contributed by atoms with van der Waals surface area (Å²) in [4.78, 5) is 15.3. The Kier molecular flexibility index (Phi) is 9.29. The predicted octanol–water partition coefficient (Wildman–Crippen LogP) is 7.10. The van der Waals surface area contributed by atoms with E-state index in [2.05, 4.69) is 37.5 Å². The number of benzene rings is 2. The van der Waals surface area contributed by atoms with Crippen LogP contribution in [0.5, 0.6) is 0 Å². The molecular formula is C29H37FN2O. The van der Waals surface area contributed by atoms with Gasteiger partial charge < -0.3 is 9.47 Å². The summed E-state index contributed by atoms with van der Waals surface area (Å²) in [6, 6.07) is 18.8. The Hall–Kier alpha value is -2.88. The molecule has 0 N–H and O–H groups in total. The molecule has 0 aliphatic rings. The SMILES string of the molecule is CCCCCCc1ccc(C(=O)N(Cc2cccn2Cc2cccc(F)c2)CC(C)C)cc1. The quantitative estimate of drug-likeness (QED) is 0.271. The van der Waals surface area contributed by atoms with E-state index < -0.39 is 0 Å². The minimum absolute atomic E-state index is 0.0553. The van der Waals surface area contributed by atoms with Crippen LogP contribution in [0.15, 0.2) is 66.9 Å². The van der Waals surface area contributed by atoms with E-state index >= 15 is 0 Å². The highest BCUT2D eigenvalue weighted by atomic mass is 19.1. The van der Waals surface area contributed by atoms with Crippen LogP contribution in [0.3, 0.4) is 0 Å². The van der Waals surface area contributed by atoms with Gasteiger partial charge in [0.1, 0.15) is 5.82 Å². The third-order valence-corrected chi connectivity index (χ3v) is 5.91. The average Bonchev–Trinajstić information content (AvgIpc) is 3.22. The summed E-state index contributed by atoms with van der Waals surface area (Å²) in [5.74, 6) is 0.185. The molecule has 0 saturated heterocycles. The molecule has 3 nitrogen and oxygen atoms in total. The number of unbranched alkanes of at least 4 members (excludes halogenated alkanes) is 3. The van der Waals surface area contributed by atoms with Crippen LogP contribution in [0.4, 0.5) is 4.39 Å². The van der Waals surface area contributed by atoms with Gasteiger partial charge in [-0.1, -0.05) is 64.3 Å². The number of aryl methyl sites for hydroxylation is 1. The molecule has 0 aliphatic carbocycles. The number of carbonyl (C=O) groups excluding carboxylic acids is 1. The van der Waals surface area contributed by atoms with Gasteiger partial charge in [0.2, 0.25) is 0 Å². The Morgan fingerprint density at radius 1 is 0.970 bits per heavy atom. The lowest BCUT2D eigenvalue weighted by Gasteiger charge is -2.25. The highest BCUT2D eigenvalue weighted by Crippen LogP contribution is 2.17. The average molecular weight is 449 g/mol. The van der Waals surface area contributed by atoms with Crippen molar-refractivity contribution in [1.29, 1.82) is 0 Å². The van der Waals surface area contributed by atoms with Crippen LogP contribution < -0.4 is 0 Å². The third kappa shape index (κ3) is 7.59. The molecule has 176 valence electrons. The molecule has 0 radical (unpaired) electrons. The van der Waals surface area contributed by atoms with E-state index in [9.17, 15) is 9.18 Å². The van der Waals surface area contributed by atoms with Gasteiger partial charge in [-0.15, -0.1) is 0 Å². The molecule has 0 atom stereocenters. The van der Waals surface area contributed by atoms with Gasteiger partial charge >= 0.3 is 0 Å². The van der Waals surface area contributed by atoms with Crippen LogP contribution in [0.2, 0.25) is 0 Å². The summed E-state index contributed by atoms with van der Waals surface area (Å²) < 4.78 is 15.7. The Labute approximate surface area is 198 Å². The lowest BCUT2D eigenvalue weighted by Crippen LogP contribution is -2.34. The number of amides is 1. The zero-order valence-electron chi connectivity index (χ0n) is 20.3. The highest BCUT2D eigenvalue weighted by Gasteiger charge is 2.19. The van der Waals surface area contributed by atoms with E-state index in [0.717, 1.165) is 23.2 Å². The largest absolute Gasteiger partial charge is 0.345 e. The van der Waals surface area contributed by atoms with Crippen LogP contribution in [0, 0.1) is 11.7 Å². The van der Waals surface area contributed by atoms with Crippen molar-refractivity contribution in [2.75, 3.05) is 6.54 Å². The topological polar surface area (TPSA) is 25.2 Å². The van der Waals surface area contributed by atoms with E-state index in [1.165, 1.54) is 37.3 Å². The molecule has 4 heteroatoms. The molecule has 33 heavy (non-hydrogen) atoms. The Bertz CT molecular complexity index is 1010. The minimum Gasteiger partial charge on any atom is -0.345 e. The van der Waals surface area contributed by atoms with Gasteiger partial charge in [-0.25, -0.2) is 4.39 Å². The lowest BCUT2D eigenvalue weighted by molar-refractivity contribution is 0.0718. The Morgan fingerprint density at radius 2 is 1.76 bits per heavy atom. The fraction of sp³-hybridized carbons (Fsp3) is 0.414. The lowest BCUT2D eigenvalue weighted by atomic mass is 10.0. The number of hydrogen-bond donors (Lipinski definition) is 0. The first-order valence-corrected chi connectivity index (χ1v) is 12.2. The van der Waals surface area contributed by atoms with E-state index in [0.29, 0.717) is 25.6 Å². The van der Waals surface area contributed by atoms with Crippen molar-refractivity contribution in [2.45, 2.75) is 66.0 Å². The molecule has 1 amide bonds. The van der Waals surface area contributed by atoms with Crippen molar-refractivity contribution < 1.29 is 9.18 Å². The minimum atomic E-state index is -0.230. The number of hydrogen-bond acceptors (Lipinski definition) is 1.